The second-order valence-electron chi connectivity index (χ2n) is 11.3. The summed E-state index contributed by atoms with van der Waals surface area (Å²) in [7, 11) is -3.02. The number of diazo groups is 1. The lowest BCUT2D eigenvalue weighted by Crippen LogP contribution is -2.26. The van der Waals surface area contributed by atoms with Gasteiger partial charge >= 0.3 is 15.8 Å². The summed E-state index contributed by atoms with van der Waals surface area (Å²) >= 11 is 0. The Labute approximate surface area is 261 Å². The van der Waals surface area contributed by atoms with E-state index in [4.69, 9.17) is 14.3 Å². The quantitative estimate of drug-likeness (QED) is 0.0945. The van der Waals surface area contributed by atoms with Gasteiger partial charge in [0.1, 0.15) is 16.4 Å². The minimum Gasteiger partial charge on any atom is -0.507 e. The Morgan fingerprint density at radius 2 is 1.24 bits per heavy atom. The highest BCUT2D eigenvalue weighted by molar-refractivity contribution is 7.87. The lowest BCUT2D eigenvalue weighted by Gasteiger charge is -2.34. The van der Waals surface area contributed by atoms with Crippen molar-refractivity contribution >= 4 is 26.6 Å². The van der Waals surface area contributed by atoms with E-state index in [0.717, 1.165) is 16.7 Å². The molecule has 0 fully saturated rings. The molecule has 0 radical (unpaired) electrons. The molecule has 0 aliphatic carbocycles. The first-order valence-corrected chi connectivity index (χ1v) is 15.5. The van der Waals surface area contributed by atoms with E-state index in [-0.39, 0.29) is 50.1 Å². The summed E-state index contributed by atoms with van der Waals surface area (Å²) in [6.45, 7) is 9.33. The summed E-state index contributed by atoms with van der Waals surface area (Å²) in [6, 6.07) is 19.7. The molecule has 0 amide bonds. The van der Waals surface area contributed by atoms with Crippen LogP contribution in [0.1, 0.15) is 45.9 Å². The Hall–Kier alpha value is -5.27. The molecule has 0 aromatic heterocycles. The molecule has 0 bridgehead atoms. The molecule has 5 aromatic rings. The third-order valence-corrected chi connectivity index (χ3v) is 9.72. The predicted molar refractivity (Wildman–Crippen MR) is 172 cm³/mol. The lowest BCUT2D eigenvalue weighted by atomic mass is 9.69. The number of phenols is 3. The highest BCUT2D eigenvalue weighted by atomic mass is 32.2. The van der Waals surface area contributed by atoms with Crippen LogP contribution in [0.5, 0.6) is 28.7 Å². The molecular formula is C35H33N2O7S+. The van der Waals surface area contributed by atoms with E-state index < -0.39 is 15.5 Å². The summed E-state index contributed by atoms with van der Waals surface area (Å²) in [5.41, 5.74) is 4.33. The van der Waals surface area contributed by atoms with Crippen LogP contribution in [-0.4, -0.2) is 30.8 Å². The molecule has 230 valence electrons. The number of benzene rings is 5. The van der Waals surface area contributed by atoms with Crippen molar-refractivity contribution in [2.45, 2.75) is 44.9 Å². The van der Waals surface area contributed by atoms with Gasteiger partial charge in [-0.25, -0.2) is 0 Å². The molecule has 10 heteroatoms. The van der Waals surface area contributed by atoms with Crippen LogP contribution in [0, 0.1) is 33.1 Å². The number of rotatable bonds is 7. The fourth-order valence-corrected chi connectivity index (χ4v) is 6.96. The van der Waals surface area contributed by atoms with Crippen molar-refractivity contribution in [2.24, 2.45) is 0 Å². The summed E-state index contributed by atoms with van der Waals surface area (Å²) in [5.74, 6) is 0.144. The highest BCUT2D eigenvalue weighted by Crippen LogP contribution is 2.46. The predicted octanol–water partition coefficient (Wildman–Crippen LogP) is 7.81. The average Bonchev–Trinajstić information content (AvgIpc) is 3.01. The number of hydrogen-bond donors (Lipinski definition) is 3. The Bertz CT molecular complexity index is 2050. The van der Waals surface area contributed by atoms with Gasteiger partial charge in [0, 0.05) is 22.3 Å². The lowest BCUT2D eigenvalue weighted by molar-refractivity contribution is 0.389. The van der Waals surface area contributed by atoms with Crippen LogP contribution < -0.4 is 8.92 Å². The number of hydrogen-bond acceptors (Lipinski definition) is 8. The third-order valence-electron chi connectivity index (χ3n) is 8.43. The van der Waals surface area contributed by atoms with E-state index in [9.17, 15) is 23.7 Å². The van der Waals surface area contributed by atoms with E-state index >= 15 is 0 Å². The first-order valence-electron chi connectivity index (χ1n) is 14.1. The number of fused-ring (bicyclic) bond motifs is 1. The molecule has 3 N–H and O–H groups in total. The van der Waals surface area contributed by atoms with Crippen molar-refractivity contribution in [1.29, 1.82) is 5.39 Å². The van der Waals surface area contributed by atoms with Gasteiger partial charge in [0.05, 0.1) is 7.11 Å². The van der Waals surface area contributed by atoms with E-state index in [1.807, 2.05) is 58.9 Å². The molecule has 0 atom stereocenters. The molecule has 5 aromatic carbocycles. The van der Waals surface area contributed by atoms with Crippen LogP contribution in [0.25, 0.3) is 15.7 Å². The number of phenolic OH excluding ortho intramolecular Hbond substituents is 3. The van der Waals surface area contributed by atoms with Crippen molar-refractivity contribution in [1.82, 2.24) is 0 Å². The minimum absolute atomic E-state index is 0.0528. The topological polar surface area (TPSA) is 141 Å². The second-order valence-corrected chi connectivity index (χ2v) is 12.8. The van der Waals surface area contributed by atoms with Gasteiger partial charge in [-0.3, -0.25) is 0 Å². The van der Waals surface area contributed by atoms with Crippen LogP contribution in [0.15, 0.2) is 77.7 Å². The maximum absolute atomic E-state index is 13.6. The van der Waals surface area contributed by atoms with Crippen LogP contribution in [0.4, 0.5) is 5.69 Å². The Kier molecular flexibility index (Phi) is 7.85. The molecule has 45 heavy (non-hydrogen) atoms. The molecule has 0 unspecified atom stereocenters. The summed E-state index contributed by atoms with van der Waals surface area (Å²) in [4.78, 5) is 2.84. The smallest absolute Gasteiger partial charge is 0.426 e. The highest BCUT2D eigenvalue weighted by Gasteiger charge is 2.34. The van der Waals surface area contributed by atoms with Gasteiger partial charge < -0.3 is 24.2 Å². The Morgan fingerprint density at radius 3 is 1.76 bits per heavy atom. The normalized spacial score (nSPS) is 11.8. The molecule has 0 aliphatic heterocycles. The van der Waals surface area contributed by atoms with Crippen molar-refractivity contribution in [3.63, 3.8) is 0 Å². The number of methoxy groups -OCH3 is 1. The largest absolute Gasteiger partial charge is 0.507 e. The van der Waals surface area contributed by atoms with Crippen molar-refractivity contribution in [2.75, 3.05) is 7.11 Å². The van der Waals surface area contributed by atoms with E-state index in [0.29, 0.717) is 22.3 Å². The molecule has 0 aliphatic rings. The fourth-order valence-electron chi connectivity index (χ4n) is 5.80. The van der Waals surface area contributed by atoms with Gasteiger partial charge in [0.15, 0.2) is 16.5 Å². The summed E-state index contributed by atoms with van der Waals surface area (Å²) < 4.78 is 38.5. The molecular weight excluding hydrogens is 592 g/mol. The maximum Gasteiger partial charge on any atom is 0.426 e. The minimum atomic E-state index is -4.43. The van der Waals surface area contributed by atoms with Crippen molar-refractivity contribution in [3.8, 4) is 28.7 Å². The van der Waals surface area contributed by atoms with Crippen LogP contribution in [0.3, 0.4) is 0 Å². The number of aryl methyl sites for hydroxylation is 4. The van der Waals surface area contributed by atoms with Gasteiger partial charge in [0.25, 0.3) is 0 Å². The van der Waals surface area contributed by atoms with Gasteiger partial charge in [-0.1, -0.05) is 42.5 Å². The monoisotopic (exact) mass is 625 g/mol. The second kappa shape index (κ2) is 11.3. The molecule has 0 saturated heterocycles. The molecule has 9 nitrogen and oxygen atoms in total. The summed E-state index contributed by atoms with van der Waals surface area (Å²) in [6.07, 6.45) is 0. The maximum atomic E-state index is 13.6. The Balaban J connectivity index is 1.66. The third kappa shape index (κ3) is 5.25. The number of nitrogens with zero attached hydrogens (tertiary/aromatic N) is 2. The first-order chi connectivity index (χ1) is 21.2. The molecule has 0 heterocycles. The van der Waals surface area contributed by atoms with Crippen molar-refractivity contribution < 1.29 is 32.7 Å². The van der Waals surface area contributed by atoms with Gasteiger partial charge in [-0.05, 0) is 97.8 Å². The first kappa shape index (κ1) is 31.2. The van der Waals surface area contributed by atoms with Crippen LogP contribution >= 0.6 is 0 Å². The number of ether oxygens (including phenoxy) is 1. The van der Waals surface area contributed by atoms with Crippen LogP contribution in [0.2, 0.25) is 0 Å². The van der Waals surface area contributed by atoms with Gasteiger partial charge in [0.2, 0.25) is 11.1 Å². The number of aromatic hydroxyl groups is 3. The zero-order valence-corrected chi connectivity index (χ0v) is 26.5. The standard InChI is InChI=1S/C35H32N2O7S/c1-19-14-24(15-20(2)32(19)38)35(5,25-16-21(3)33(39)22(4)17-25)23-10-13-29(30(18-23)43-6)44-45(41,42)31-9-7-8-27-26(31)11-12-28(37-36)34(27)40/h7-18H,1-6H3,(H2-,38,39,40)/p+1. The van der Waals surface area contributed by atoms with Gasteiger partial charge in [-0.15, -0.1) is 0 Å². The van der Waals surface area contributed by atoms with Crippen LogP contribution in [-0.2, 0) is 15.5 Å². The molecule has 0 saturated carbocycles. The van der Waals surface area contributed by atoms with E-state index in [1.165, 1.54) is 43.5 Å². The van der Waals surface area contributed by atoms with E-state index in [1.54, 1.807) is 12.1 Å². The zero-order valence-electron chi connectivity index (χ0n) is 25.7. The zero-order chi connectivity index (χ0) is 32.8. The fraction of sp³-hybridized carbons (Fsp3) is 0.200. The van der Waals surface area contributed by atoms with Crippen molar-refractivity contribution in [3.05, 3.63) is 117 Å². The summed E-state index contributed by atoms with van der Waals surface area (Å²) in [5, 5.41) is 41.0. The SMILES string of the molecule is COc1cc(C(C)(c2cc(C)c(O)c(C)c2)c2cc(C)c(O)c(C)c2)ccc1OS(=O)(=O)c1cccc2c(O)c([N+]#N)ccc12. The molecule has 5 rings (SSSR count). The van der Waals surface area contributed by atoms with Gasteiger partial charge in [-0.2, -0.15) is 8.42 Å². The Morgan fingerprint density at radius 1 is 0.689 bits per heavy atom. The average molecular weight is 626 g/mol. The molecule has 0 spiro atoms. The van der Waals surface area contributed by atoms with E-state index in [2.05, 4.69) is 4.98 Å².